The smallest absolute Gasteiger partial charge is 0.407 e. The van der Waals surface area contributed by atoms with Gasteiger partial charge in [0.1, 0.15) is 5.60 Å². The van der Waals surface area contributed by atoms with Crippen LogP contribution in [-0.2, 0) is 14.0 Å². The lowest BCUT2D eigenvalue weighted by Crippen LogP contribution is -2.33. The monoisotopic (exact) mass is 219 g/mol. The SMILES string of the molecule is CC(C)(C)OC(=O)NCCC(=O)O[SiH3]. The summed E-state index contributed by atoms with van der Waals surface area (Å²) in [4.78, 5) is 21.8. The topological polar surface area (TPSA) is 64.6 Å². The molecule has 0 unspecified atom stereocenters. The van der Waals surface area contributed by atoms with E-state index < -0.39 is 11.7 Å². The van der Waals surface area contributed by atoms with Crippen LogP contribution in [0.2, 0.25) is 0 Å². The molecular formula is C8H17NO4Si. The fourth-order valence-electron chi connectivity index (χ4n) is 0.683. The summed E-state index contributed by atoms with van der Waals surface area (Å²) in [7, 11) is 0.386. The van der Waals surface area contributed by atoms with E-state index in [2.05, 4.69) is 9.74 Å². The number of carbonyl (C=O) groups is 2. The van der Waals surface area contributed by atoms with Crippen LogP contribution in [0.25, 0.3) is 0 Å². The largest absolute Gasteiger partial charge is 0.529 e. The Morgan fingerprint density at radius 3 is 2.36 bits per heavy atom. The first-order valence-electron chi connectivity index (χ1n) is 4.39. The highest BCUT2D eigenvalue weighted by molar-refractivity contribution is 6.05. The maximum absolute atomic E-state index is 11.1. The maximum atomic E-state index is 11.1. The molecule has 6 heteroatoms. The van der Waals surface area contributed by atoms with Crippen molar-refractivity contribution in [1.29, 1.82) is 0 Å². The molecule has 0 spiro atoms. The molecule has 0 aliphatic rings. The van der Waals surface area contributed by atoms with Gasteiger partial charge < -0.3 is 14.5 Å². The first kappa shape index (κ1) is 13.0. The molecule has 1 N–H and O–H groups in total. The molecule has 1 amide bonds. The fraction of sp³-hybridized carbons (Fsp3) is 0.750. The van der Waals surface area contributed by atoms with Crippen LogP contribution in [0.15, 0.2) is 0 Å². The molecule has 0 aromatic rings. The van der Waals surface area contributed by atoms with Crippen molar-refractivity contribution in [3.05, 3.63) is 0 Å². The summed E-state index contributed by atoms with van der Waals surface area (Å²) in [5, 5.41) is 2.46. The Hall–Kier alpha value is -1.04. The predicted molar refractivity (Wildman–Crippen MR) is 54.9 cm³/mol. The average molecular weight is 219 g/mol. The minimum atomic E-state index is -0.515. The van der Waals surface area contributed by atoms with Crippen LogP contribution < -0.4 is 5.32 Å². The molecule has 0 saturated carbocycles. The van der Waals surface area contributed by atoms with Gasteiger partial charge in [0.2, 0.25) is 10.5 Å². The highest BCUT2D eigenvalue weighted by atomic mass is 28.2. The van der Waals surface area contributed by atoms with Crippen molar-refractivity contribution < 1.29 is 18.8 Å². The van der Waals surface area contributed by atoms with E-state index in [-0.39, 0.29) is 18.9 Å². The molecule has 0 bridgehead atoms. The molecule has 14 heavy (non-hydrogen) atoms. The van der Waals surface area contributed by atoms with E-state index >= 15 is 0 Å². The van der Waals surface area contributed by atoms with Gasteiger partial charge in [0.25, 0.3) is 5.97 Å². The van der Waals surface area contributed by atoms with Gasteiger partial charge in [0, 0.05) is 6.54 Å². The Balaban J connectivity index is 3.60. The molecule has 0 fully saturated rings. The van der Waals surface area contributed by atoms with Gasteiger partial charge in [-0.3, -0.25) is 4.79 Å². The standard InChI is InChI=1S/C8H17NO4Si/c1-8(2,3)12-7(11)9-5-4-6(10)13-14/h4-5H2,1-3,14H3,(H,9,11). The summed E-state index contributed by atoms with van der Waals surface area (Å²) < 4.78 is 9.50. The molecule has 0 atom stereocenters. The number of amides is 1. The number of hydrogen-bond acceptors (Lipinski definition) is 4. The predicted octanol–water partition coefficient (Wildman–Crippen LogP) is -0.275. The second kappa shape index (κ2) is 5.64. The Bertz CT molecular complexity index is 212. The zero-order valence-electron chi connectivity index (χ0n) is 9.05. The van der Waals surface area contributed by atoms with Crippen LogP contribution in [0.4, 0.5) is 4.79 Å². The summed E-state index contributed by atoms with van der Waals surface area (Å²) in [5.74, 6) is -0.298. The third kappa shape index (κ3) is 7.60. The fourth-order valence-corrected chi connectivity index (χ4v) is 0.887. The number of alkyl carbamates (subject to hydrolysis) is 1. The molecule has 0 aromatic carbocycles. The third-order valence-corrected chi connectivity index (χ3v) is 1.68. The zero-order valence-corrected chi connectivity index (χ0v) is 11.0. The molecule has 0 radical (unpaired) electrons. The van der Waals surface area contributed by atoms with Crippen molar-refractivity contribution in [1.82, 2.24) is 5.32 Å². The van der Waals surface area contributed by atoms with Crippen LogP contribution in [-0.4, -0.2) is 34.7 Å². The first-order valence-corrected chi connectivity index (χ1v) is 5.20. The second-order valence-electron chi connectivity index (χ2n) is 3.75. The van der Waals surface area contributed by atoms with Crippen LogP contribution >= 0.6 is 0 Å². The minimum absolute atomic E-state index is 0.183. The molecule has 0 aliphatic heterocycles. The van der Waals surface area contributed by atoms with Gasteiger partial charge in [-0.2, -0.15) is 0 Å². The van der Waals surface area contributed by atoms with Crippen molar-refractivity contribution in [2.24, 2.45) is 0 Å². The third-order valence-electron chi connectivity index (χ3n) is 1.23. The highest BCUT2D eigenvalue weighted by Gasteiger charge is 2.15. The van der Waals surface area contributed by atoms with Gasteiger partial charge in [-0.05, 0) is 20.8 Å². The molecular weight excluding hydrogens is 202 g/mol. The van der Waals surface area contributed by atoms with E-state index in [0.29, 0.717) is 10.5 Å². The van der Waals surface area contributed by atoms with Crippen molar-refractivity contribution in [3.63, 3.8) is 0 Å². The molecule has 0 aromatic heterocycles. The summed E-state index contributed by atoms with van der Waals surface area (Å²) in [6.45, 7) is 5.57. The number of nitrogens with one attached hydrogen (secondary N) is 1. The minimum Gasteiger partial charge on any atom is -0.529 e. The van der Waals surface area contributed by atoms with Crippen molar-refractivity contribution in [2.45, 2.75) is 32.8 Å². The molecule has 82 valence electrons. The van der Waals surface area contributed by atoms with Gasteiger partial charge in [-0.1, -0.05) is 0 Å². The lowest BCUT2D eigenvalue weighted by molar-refractivity contribution is -0.133. The van der Waals surface area contributed by atoms with Gasteiger partial charge in [-0.15, -0.1) is 0 Å². The van der Waals surface area contributed by atoms with E-state index in [4.69, 9.17) is 4.74 Å². The summed E-state index contributed by atoms with van der Waals surface area (Å²) >= 11 is 0. The van der Waals surface area contributed by atoms with Crippen LogP contribution in [0.3, 0.4) is 0 Å². The van der Waals surface area contributed by atoms with Crippen LogP contribution in [0.1, 0.15) is 27.2 Å². The summed E-state index contributed by atoms with van der Waals surface area (Å²) in [5.41, 5.74) is -0.512. The number of ether oxygens (including phenoxy) is 1. The average Bonchev–Trinajstić information content (AvgIpc) is 2.00. The molecule has 5 nitrogen and oxygen atoms in total. The Kier molecular flexibility index (Phi) is 5.22. The van der Waals surface area contributed by atoms with E-state index in [1.165, 1.54) is 0 Å². The van der Waals surface area contributed by atoms with Gasteiger partial charge in [-0.25, -0.2) is 4.79 Å². The van der Waals surface area contributed by atoms with E-state index in [9.17, 15) is 9.59 Å². The number of hydrogen-bond donors (Lipinski definition) is 1. The van der Waals surface area contributed by atoms with Crippen molar-refractivity contribution in [3.8, 4) is 0 Å². The Morgan fingerprint density at radius 1 is 1.36 bits per heavy atom. The lowest BCUT2D eigenvalue weighted by atomic mass is 10.2. The highest BCUT2D eigenvalue weighted by Crippen LogP contribution is 2.06. The van der Waals surface area contributed by atoms with Crippen LogP contribution in [0, 0.1) is 0 Å². The van der Waals surface area contributed by atoms with E-state index in [1.54, 1.807) is 20.8 Å². The molecule has 0 rings (SSSR count). The van der Waals surface area contributed by atoms with Crippen molar-refractivity contribution >= 4 is 22.5 Å². The van der Waals surface area contributed by atoms with Gasteiger partial charge >= 0.3 is 6.09 Å². The Morgan fingerprint density at radius 2 is 1.93 bits per heavy atom. The number of rotatable bonds is 3. The maximum Gasteiger partial charge on any atom is 0.407 e. The number of carbonyl (C=O) groups excluding carboxylic acids is 2. The molecule has 0 aliphatic carbocycles. The summed E-state index contributed by atoms with van der Waals surface area (Å²) in [6, 6.07) is 0. The first-order chi connectivity index (χ1) is 6.35. The zero-order chi connectivity index (χ0) is 11.2. The molecule has 0 saturated heterocycles. The van der Waals surface area contributed by atoms with Crippen molar-refractivity contribution in [2.75, 3.05) is 6.54 Å². The Labute approximate surface area is 86.7 Å². The second-order valence-corrected chi connectivity index (χ2v) is 4.16. The lowest BCUT2D eigenvalue weighted by Gasteiger charge is -2.19. The van der Waals surface area contributed by atoms with Crippen LogP contribution in [0.5, 0.6) is 0 Å². The molecule has 0 heterocycles. The van der Waals surface area contributed by atoms with Gasteiger partial charge in [0.15, 0.2) is 0 Å². The van der Waals surface area contributed by atoms with Gasteiger partial charge in [0.05, 0.1) is 6.42 Å². The van der Waals surface area contributed by atoms with E-state index in [1.807, 2.05) is 0 Å². The normalized spacial score (nSPS) is 10.8. The quantitative estimate of drug-likeness (QED) is 0.663. The summed E-state index contributed by atoms with van der Waals surface area (Å²) in [6.07, 6.45) is -0.332. The van der Waals surface area contributed by atoms with E-state index in [0.717, 1.165) is 0 Å².